The minimum Gasteiger partial charge on any atom is -0.619 e. The maximum Gasteiger partial charge on any atom is 0.339 e. The third kappa shape index (κ3) is 4.48. The standard InChI is InChI=1S/C16H14F2N2O4/c1-10(13-3-2-12(17)8-14(13)18)19-15(21)9-24-16(22)11-4-6-20(23)7-5-11/h2-8,10H,9H2,1H3,(H,19,21)/t10-/m1/s1. The molecule has 0 radical (unpaired) electrons. The molecule has 0 bridgehead atoms. The number of amides is 1. The first kappa shape index (κ1) is 17.3. The molecule has 2 rings (SSSR count). The minimum absolute atomic E-state index is 0.110. The molecule has 1 heterocycles. The van der Waals surface area contributed by atoms with Crippen molar-refractivity contribution in [2.75, 3.05) is 6.61 Å². The van der Waals surface area contributed by atoms with Crippen LogP contribution in [0.4, 0.5) is 8.78 Å². The second-order valence-electron chi connectivity index (χ2n) is 4.98. The van der Waals surface area contributed by atoms with Gasteiger partial charge in [-0.1, -0.05) is 6.07 Å². The summed E-state index contributed by atoms with van der Waals surface area (Å²) in [6.45, 7) is 0.943. The Labute approximate surface area is 136 Å². The van der Waals surface area contributed by atoms with E-state index < -0.39 is 36.2 Å². The van der Waals surface area contributed by atoms with Crippen molar-refractivity contribution in [3.8, 4) is 0 Å². The summed E-state index contributed by atoms with van der Waals surface area (Å²) in [5.41, 5.74) is 0.228. The van der Waals surface area contributed by atoms with Crippen LogP contribution in [0.2, 0.25) is 0 Å². The van der Waals surface area contributed by atoms with Gasteiger partial charge in [0.05, 0.1) is 11.6 Å². The number of halogens is 2. The molecule has 0 saturated heterocycles. The van der Waals surface area contributed by atoms with Gasteiger partial charge in [-0.05, 0) is 13.0 Å². The van der Waals surface area contributed by atoms with Crippen LogP contribution in [0.5, 0.6) is 0 Å². The molecule has 0 fully saturated rings. The lowest BCUT2D eigenvalue weighted by molar-refractivity contribution is -0.605. The number of rotatable bonds is 5. The number of ether oxygens (including phenoxy) is 1. The van der Waals surface area contributed by atoms with E-state index in [0.29, 0.717) is 4.73 Å². The number of benzene rings is 1. The van der Waals surface area contributed by atoms with E-state index in [9.17, 15) is 23.6 Å². The number of nitrogens with one attached hydrogen (secondary N) is 1. The highest BCUT2D eigenvalue weighted by atomic mass is 19.1. The summed E-state index contributed by atoms with van der Waals surface area (Å²) in [4.78, 5) is 23.4. The Kier molecular flexibility index (Phi) is 5.41. The lowest BCUT2D eigenvalue weighted by atomic mass is 10.1. The molecular formula is C16H14F2N2O4. The molecule has 0 unspecified atom stereocenters. The van der Waals surface area contributed by atoms with Crippen LogP contribution in [-0.4, -0.2) is 18.5 Å². The lowest BCUT2D eigenvalue weighted by Gasteiger charge is -2.15. The maximum absolute atomic E-state index is 13.6. The first-order valence-electron chi connectivity index (χ1n) is 6.97. The quantitative estimate of drug-likeness (QED) is 0.511. The van der Waals surface area contributed by atoms with Crippen molar-refractivity contribution in [1.29, 1.82) is 0 Å². The summed E-state index contributed by atoms with van der Waals surface area (Å²) in [7, 11) is 0. The third-order valence-corrected chi connectivity index (χ3v) is 3.18. The highest BCUT2D eigenvalue weighted by Crippen LogP contribution is 2.17. The maximum atomic E-state index is 13.6. The van der Waals surface area contributed by atoms with E-state index in [2.05, 4.69) is 5.32 Å². The van der Waals surface area contributed by atoms with Crippen molar-refractivity contribution in [2.45, 2.75) is 13.0 Å². The van der Waals surface area contributed by atoms with Crippen LogP contribution in [0.3, 0.4) is 0 Å². The molecule has 2 aromatic rings. The molecule has 0 spiro atoms. The largest absolute Gasteiger partial charge is 0.619 e. The number of pyridine rings is 1. The smallest absolute Gasteiger partial charge is 0.339 e. The fraction of sp³-hybridized carbons (Fsp3) is 0.188. The zero-order chi connectivity index (χ0) is 17.7. The molecule has 8 heteroatoms. The van der Waals surface area contributed by atoms with E-state index in [0.717, 1.165) is 24.5 Å². The van der Waals surface area contributed by atoms with Gasteiger partial charge in [-0.15, -0.1) is 0 Å². The van der Waals surface area contributed by atoms with Gasteiger partial charge in [0.2, 0.25) is 0 Å². The van der Waals surface area contributed by atoms with Crippen LogP contribution in [-0.2, 0) is 9.53 Å². The van der Waals surface area contributed by atoms with Gasteiger partial charge in [0.1, 0.15) is 11.6 Å². The average Bonchev–Trinajstić information content (AvgIpc) is 2.53. The van der Waals surface area contributed by atoms with Gasteiger partial charge in [0.25, 0.3) is 5.91 Å². The van der Waals surface area contributed by atoms with Gasteiger partial charge >= 0.3 is 5.97 Å². The Morgan fingerprint density at radius 1 is 1.25 bits per heavy atom. The molecule has 126 valence electrons. The van der Waals surface area contributed by atoms with Gasteiger partial charge in [0.15, 0.2) is 19.0 Å². The van der Waals surface area contributed by atoms with E-state index >= 15 is 0 Å². The highest BCUT2D eigenvalue weighted by molar-refractivity contribution is 5.91. The van der Waals surface area contributed by atoms with E-state index in [1.54, 1.807) is 0 Å². The van der Waals surface area contributed by atoms with Crippen LogP contribution in [0, 0.1) is 16.8 Å². The summed E-state index contributed by atoms with van der Waals surface area (Å²) in [5, 5.41) is 13.3. The fourth-order valence-corrected chi connectivity index (χ4v) is 1.98. The average molecular weight is 336 g/mol. The molecule has 0 saturated carbocycles. The number of carbonyl (C=O) groups is 2. The number of carbonyl (C=O) groups excluding carboxylic acids is 2. The molecule has 1 aromatic heterocycles. The normalized spacial score (nSPS) is 11.6. The predicted octanol–water partition coefficient (Wildman–Crippen LogP) is 1.63. The van der Waals surface area contributed by atoms with Gasteiger partial charge in [0, 0.05) is 23.8 Å². The van der Waals surface area contributed by atoms with E-state index in [4.69, 9.17) is 4.74 Å². The van der Waals surface area contributed by atoms with Crippen LogP contribution in [0.25, 0.3) is 0 Å². The van der Waals surface area contributed by atoms with Crippen molar-refractivity contribution in [3.05, 3.63) is 70.7 Å². The topological polar surface area (TPSA) is 82.3 Å². The molecule has 1 atom stereocenters. The monoisotopic (exact) mass is 336 g/mol. The summed E-state index contributed by atoms with van der Waals surface area (Å²) in [6, 6.07) is 4.80. The Morgan fingerprint density at radius 2 is 1.92 bits per heavy atom. The predicted molar refractivity (Wildman–Crippen MR) is 78.6 cm³/mol. The fourth-order valence-electron chi connectivity index (χ4n) is 1.98. The Hall–Kier alpha value is -3.03. The molecule has 1 amide bonds. The van der Waals surface area contributed by atoms with Crippen molar-refractivity contribution >= 4 is 11.9 Å². The number of nitrogens with zero attached hydrogens (tertiary/aromatic N) is 1. The van der Waals surface area contributed by atoms with Crippen molar-refractivity contribution < 1.29 is 27.8 Å². The molecular weight excluding hydrogens is 322 g/mol. The third-order valence-electron chi connectivity index (χ3n) is 3.18. The van der Waals surface area contributed by atoms with Gasteiger partial charge in [-0.3, -0.25) is 4.79 Å². The molecule has 24 heavy (non-hydrogen) atoms. The zero-order valence-electron chi connectivity index (χ0n) is 12.7. The summed E-state index contributed by atoms with van der Waals surface area (Å²) in [6.07, 6.45) is 2.24. The van der Waals surface area contributed by atoms with Gasteiger partial charge < -0.3 is 15.3 Å². The second-order valence-corrected chi connectivity index (χ2v) is 4.98. The Balaban J connectivity index is 1.88. The van der Waals surface area contributed by atoms with Crippen LogP contribution in [0.1, 0.15) is 28.9 Å². The zero-order valence-corrected chi connectivity index (χ0v) is 12.7. The molecule has 0 aliphatic rings. The van der Waals surface area contributed by atoms with Crippen LogP contribution in [0.15, 0.2) is 42.7 Å². The first-order chi connectivity index (χ1) is 11.4. The highest BCUT2D eigenvalue weighted by Gasteiger charge is 2.16. The Bertz CT molecular complexity index is 750. The van der Waals surface area contributed by atoms with E-state index in [1.165, 1.54) is 25.1 Å². The molecule has 1 aromatic carbocycles. The van der Waals surface area contributed by atoms with E-state index in [1.807, 2.05) is 0 Å². The van der Waals surface area contributed by atoms with Crippen molar-refractivity contribution in [1.82, 2.24) is 5.32 Å². The molecule has 0 aliphatic carbocycles. The van der Waals surface area contributed by atoms with Crippen molar-refractivity contribution in [3.63, 3.8) is 0 Å². The van der Waals surface area contributed by atoms with E-state index in [-0.39, 0.29) is 11.1 Å². The lowest BCUT2D eigenvalue weighted by Crippen LogP contribution is -2.31. The number of esters is 1. The summed E-state index contributed by atoms with van der Waals surface area (Å²) < 4.78 is 31.8. The van der Waals surface area contributed by atoms with Crippen LogP contribution >= 0.6 is 0 Å². The molecule has 1 N–H and O–H groups in total. The SMILES string of the molecule is C[C@@H](NC(=O)COC(=O)c1cc[n+]([O-])cc1)c1ccc(F)cc1F. The molecule has 0 aliphatic heterocycles. The molecule has 6 nitrogen and oxygen atoms in total. The second kappa shape index (κ2) is 7.49. The van der Waals surface area contributed by atoms with Crippen molar-refractivity contribution in [2.24, 2.45) is 0 Å². The minimum atomic E-state index is -0.782. The number of hydrogen-bond donors (Lipinski definition) is 1. The Morgan fingerprint density at radius 3 is 2.54 bits per heavy atom. The number of aromatic nitrogens is 1. The van der Waals surface area contributed by atoms with Gasteiger partial charge in [-0.2, -0.15) is 4.73 Å². The van der Waals surface area contributed by atoms with Gasteiger partial charge in [-0.25, -0.2) is 13.6 Å². The first-order valence-corrected chi connectivity index (χ1v) is 6.97. The summed E-state index contributed by atoms with van der Waals surface area (Å²) in [5.74, 6) is -2.92. The number of hydrogen-bond acceptors (Lipinski definition) is 4. The van der Waals surface area contributed by atoms with Crippen LogP contribution < -0.4 is 10.0 Å². The summed E-state index contributed by atoms with van der Waals surface area (Å²) >= 11 is 0.